The van der Waals surface area contributed by atoms with Crippen molar-refractivity contribution in [1.29, 1.82) is 0 Å². The van der Waals surface area contributed by atoms with Crippen molar-refractivity contribution in [2.24, 2.45) is 5.41 Å². The Labute approximate surface area is 126 Å². The van der Waals surface area contributed by atoms with E-state index in [-0.39, 0.29) is 5.41 Å². The number of nitrogens with one attached hydrogen (secondary N) is 1. The van der Waals surface area contributed by atoms with E-state index < -0.39 is 0 Å². The van der Waals surface area contributed by atoms with Crippen LogP contribution in [0.2, 0.25) is 0 Å². The van der Waals surface area contributed by atoms with Gasteiger partial charge in [-0.05, 0) is 54.6 Å². The van der Waals surface area contributed by atoms with Crippen molar-refractivity contribution >= 4 is 15.9 Å². The van der Waals surface area contributed by atoms with Gasteiger partial charge in [-0.1, -0.05) is 27.7 Å². The monoisotopic (exact) mass is 329 g/mol. The van der Waals surface area contributed by atoms with Crippen LogP contribution in [0.1, 0.15) is 59.7 Å². The molecule has 1 rings (SSSR count). The van der Waals surface area contributed by atoms with Gasteiger partial charge in [-0.3, -0.25) is 4.68 Å². The second-order valence-electron chi connectivity index (χ2n) is 6.49. The predicted octanol–water partition coefficient (Wildman–Crippen LogP) is 4.18. The average Bonchev–Trinajstić information content (AvgIpc) is 2.64. The maximum absolute atomic E-state index is 4.45. The summed E-state index contributed by atoms with van der Waals surface area (Å²) in [5.74, 6) is 0. The van der Waals surface area contributed by atoms with E-state index in [1.165, 1.54) is 5.69 Å². The topological polar surface area (TPSA) is 29.9 Å². The largest absolute Gasteiger partial charge is 0.314 e. The van der Waals surface area contributed by atoms with E-state index in [1.807, 2.05) is 6.20 Å². The van der Waals surface area contributed by atoms with Gasteiger partial charge in [0.05, 0.1) is 16.4 Å². The molecule has 110 valence electrons. The zero-order chi connectivity index (χ0) is 14.6. The summed E-state index contributed by atoms with van der Waals surface area (Å²) in [7, 11) is 0. The molecule has 4 heteroatoms. The number of hydrogen-bond acceptors (Lipinski definition) is 2. The zero-order valence-corrected chi connectivity index (χ0v) is 14.7. The predicted molar refractivity (Wildman–Crippen MR) is 85.6 cm³/mol. The number of rotatable bonds is 6. The van der Waals surface area contributed by atoms with E-state index in [0.29, 0.717) is 12.1 Å². The van der Waals surface area contributed by atoms with Crippen LogP contribution in [-0.2, 0) is 6.42 Å². The average molecular weight is 330 g/mol. The van der Waals surface area contributed by atoms with Gasteiger partial charge < -0.3 is 5.32 Å². The molecule has 1 aromatic heterocycles. The molecular weight excluding hydrogens is 302 g/mol. The van der Waals surface area contributed by atoms with Gasteiger partial charge in [0, 0.05) is 12.1 Å². The van der Waals surface area contributed by atoms with Crippen LogP contribution in [0.25, 0.3) is 0 Å². The van der Waals surface area contributed by atoms with E-state index in [1.54, 1.807) is 0 Å². The van der Waals surface area contributed by atoms with Gasteiger partial charge in [-0.2, -0.15) is 5.10 Å². The Bertz CT molecular complexity index is 391. The number of nitrogens with zero attached hydrogens (tertiary/aromatic N) is 2. The first-order chi connectivity index (χ1) is 8.77. The quantitative estimate of drug-likeness (QED) is 0.848. The summed E-state index contributed by atoms with van der Waals surface area (Å²) in [6, 6.07) is 0.938. The Morgan fingerprint density at radius 3 is 2.47 bits per heavy atom. The van der Waals surface area contributed by atoms with E-state index in [9.17, 15) is 0 Å². The normalized spacial score (nSPS) is 14.1. The lowest BCUT2D eigenvalue weighted by Gasteiger charge is -2.31. The van der Waals surface area contributed by atoms with Crippen LogP contribution in [0, 0.1) is 5.41 Å². The maximum atomic E-state index is 4.45. The summed E-state index contributed by atoms with van der Waals surface area (Å²) in [5.41, 5.74) is 1.59. The summed E-state index contributed by atoms with van der Waals surface area (Å²) in [5, 5.41) is 8.06. The molecule has 1 atom stereocenters. The van der Waals surface area contributed by atoms with Crippen LogP contribution in [0.4, 0.5) is 0 Å². The molecular formula is C15H28BrN3. The van der Waals surface area contributed by atoms with Crippen LogP contribution in [0.3, 0.4) is 0 Å². The van der Waals surface area contributed by atoms with Crippen LogP contribution in [-0.4, -0.2) is 22.4 Å². The smallest absolute Gasteiger partial charge is 0.0635 e. The van der Waals surface area contributed by atoms with Gasteiger partial charge >= 0.3 is 0 Å². The zero-order valence-electron chi connectivity index (χ0n) is 13.1. The van der Waals surface area contributed by atoms with E-state index >= 15 is 0 Å². The molecule has 0 fully saturated rings. The summed E-state index contributed by atoms with van der Waals surface area (Å²) in [4.78, 5) is 0. The molecule has 1 aromatic rings. The first-order valence-electron chi connectivity index (χ1n) is 7.22. The molecule has 0 aliphatic heterocycles. The standard InChI is InChI=1S/C15H28BrN3/c1-7-17-14(15(4,5)6)9-8-13-12(16)10-18-19(13)11(2)3/h10-11,14,17H,7-9H2,1-6H3. The van der Waals surface area contributed by atoms with E-state index in [0.717, 1.165) is 23.9 Å². The van der Waals surface area contributed by atoms with Crippen molar-refractivity contribution in [2.75, 3.05) is 6.54 Å². The number of aromatic nitrogens is 2. The van der Waals surface area contributed by atoms with Crippen molar-refractivity contribution in [2.45, 2.75) is 66.5 Å². The van der Waals surface area contributed by atoms with E-state index in [4.69, 9.17) is 0 Å². The second kappa shape index (κ2) is 6.89. The first kappa shape index (κ1) is 16.7. The Kier molecular flexibility index (Phi) is 6.06. The molecule has 0 aliphatic rings. The molecule has 0 aliphatic carbocycles. The summed E-state index contributed by atoms with van der Waals surface area (Å²) < 4.78 is 3.25. The Morgan fingerprint density at radius 1 is 1.37 bits per heavy atom. The van der Waals surface area contributed by atoms with Crippen molar-refractivity contribution in [1.82, 2.24) is 15.1 Å². The van der Waals surface area contributed by atoms with Crippen LogP contribution >= 0.6 is 15.9 Å². The highest BCUT2D eigenvalue weighted by atomic mass is 79.9. The minimum Gasteiger partial charge on any atom is -0.314 e. The summed E-state index contributed by atoms with van der Waals surface area (Å²) in [6.45, 7) is 14.4. The molecule has 1 unspecified atom stereocenters. The van der Waals surface area contributed by atoms with Crippen molar-refractivity contribution in [3.63, 3.8) is 0 Å². The number of hydrogen-bond donors (Lipinski definition) is 1. The third-order valence-corrected chi connectivity index (χ3v) is 4.17. The molecule has 0 bridgehead atoms. The molecule has 0 radical (unpaired) electrons. The van der Waals surface area contributed by atoms with Gasteiger partial charge in [-0.25, -0.2) is 0 Å². The highest BCUT2D eigenvalue weighted by Crippen LogP contribution is 2.26. The molecule has 0 saturated heterocycles. The molecule has 1 heterocycles. The lowest BCUT2D eigenvalue weighted by atomic mass is 9.83. The molecule has 0 amide bonds. The van der Waals surface area contributed by atoms with E-state index in [2.05, 4.69) is 72.6 Å². The summed E-state index contributed by atoms with van der Waals surface area (Å²) in [6.07, 6.45) is 4.09. The fraction of sp³-hybridized carbons (Fsp3) is 0.800. The Morgan fingerprint density at radius 2 is 2.00 bits per heavy atom. The molecule has 0 saturated carbocycles. The highest BCUT2D eigenvalue weighted by Gasteiger charge is 2.24. The van der Waals surface area contributed by atoms with Gasteiger partial charge in [0.1, 0.15) is 0 Å². The van der Waals surface area contributed by atoms with Crippen LogP contribution in [0.15, 0.2) is 10.7 Å². The van der Waals surface area contributed by atoms with Crippen LogP contribution < -0.4 is 5.32 Å². The van der Waals surface area contributed by atoms with Gasteiger partial charge in [0.15, 0.2) is 0 Å². The molecule has 0 spiro atoms. The van der Waals surface area contributed by atoms with Gasteiger partial charge in [-0.15, -0.1) is 0 Å². The SMILES string of the molecule is CCNC(CCc1c(Br)cnn1C(C)C)C(C)(C)C. The Hall–Kier alpha value is -0.350. The first-order valence-corrected chi connectivity index (χ1v) is 8.02. The number of halogens is 1. The molecule has 19 heavy (non-hydrogen) atoms. The van der Waals surface area contributed by atoms with Crippen molar-refractivity contribution in [3.8, 4) is 0 Å². The van der Waals surface area contributed by atoms with Crippen LogP contribution in [0.5, 0.6) is 0 Å². The maximum Gasteiger partial charge on any atom is 0.0635 e. The third-order valence-electron chi connectivity index (χ3n) is 3.50. The molecule has 0 aromatic carbocycles. The van der Waals surface area contributed by atoms with Gasteiger partial charge in [0.25, 0.3) is 0 Å². The fourth-order valence-electron chi connectivity index (χ4n) is 2.41. The van der Waals surface area contributed by atoms with Crippen molar-refractivity contribution < 1.29 is 0 Å². The second-order valence-corrected chi connectivity index (χ2v) is 7.35. The fourth-order valence-corrected chi connectivity index (χ4v) is 2.89. The lowest BCUT2D eigenvalue weighted by Crippen LogP contribution is -2.40. The van der Waals surface area contributed by atoms with Crippen molar-refractivity contribution in [3.05, 3.63) is 16.4 Å². The molecule has 1 N–H and O–H groups in total. The minimum absolute atomic E-state index is 0.283. The summed E-state index contributed by atoms with van der Waals surface area (Å²) >= 11 is 3.62. The highest BCUT2D eigenvalue weighted by molar-refractivity contribution is 9.10. The minimum atomic E-state index is 0.283. The Balaban J connectivity index is 2.77. The van der Waals surface area contributed by atoms with Gasteiger partial charge in [0.2, 0.25) is 0 Å². The molecule has 3 nitrogen and oxygen atoms in total. The lowest BCUT2D eigenvalue weighted by molar-refractivity contribution is 0.256. The third kappa shape index (κ3) is 4.60.